The maximum atomic E-state index is 16.7. The van der Waals surface area contributed by atoms with Gasteiger partial charge in [-0.05, 0) is 34.1 Å². The number of methoxy groups -OCH3 is 1. The van der Waals surface area contributed by atoms with Crippen molar-refractivity contribution in [2.24, 2.45) is 5.92 Å². The maximum Gasteiger partial charge on any atom is 0.330 e. The number of hydrogen-bond donors (Lipinski definition) is 3. The van der Waals surface area contributed by atoms with Gasteiger partial charge in [-0.25, -0.2) is 14.2 Å². The average Bonchev–Trinajstić information content (AvgIpc) is 3.75. The molecule has 0 aromatic carbocycles. The monoisotopic (exact) mass is 799 g/mol. The molecule has 5 rings (SSSR count). The molecule has 5 heterocycles. The molecule has 22 heteroatoms. The van der Waals surface area contributed by atoms with Crippen LogP contribution in [-0.2, 0) is 37.4 Å². The van der Waals surface area contributed by atoms with Gasteiger partial charge in [-0.1, -0.05) is 19.8 Å². The standard InChI is InChI=1S/C33H50FN8O12P/c1-7-8-9-11-40(14-20-26(54-55(47,48)53-18(4)5)27(49-6)31(51-20)41-12-10-22(43)37-33(41)46)23(44)13-19-21(15-50-17(2)3)52-30(24(19)34)42-16-36-25-28(42)38-32(35)39-29(25)45/h10,12,16-21,24,26-27,30-31H,7-9,11,13-15H2,1-6H3,(H,47,48)(H,37,43,46)(H3,35,38,39,45)/p-1/t19-,20-,21-,24-,26-,27-,30-,31-/m1/s1. The molecule has 2 saturated heterocycles. The molecule has 2 aliphatic rings. The molecule has 1 amide bonds. The molecule has 1 unspecified atom stereocenters. The summed E-state index contributed by atoms with van der Waals surface area (Å²) in [6.07, 6.45) is -6.19. The Bertz CT molecular complexity index is 2000. The number of H-pyrrole nitrogens is 2. The van der Waals surface area contributed by atoms with Crippen molar-refractivity contribution in [3.05, 3.63) is 49.8 Å². The normalized spacial score (nSPS) is 26.7. The van der Waals surface area contributed by atoms with Gasteiger partial charge in [-0.2, -0.15) is 4.98 Å². The number of phosphoric ester groups is 1. The minimum absolute atomic E-state index is 0.00372. The molecule has 0 radical (unpaired) electrons. The van der Waals surface area contributed by atoms with E-state index in [0.717, 1.165) is 23.5 Å². The van der Waals surface area contributed by atoms with Gasteiger partial charge < -0.3 is 43.5 Å². The summed E-state index contributed by atoms with van der Waals surface area (Å²) < 4.78 is 66.4. The Labute approximate surface area is 315 Å². The number of anilines is 1. The van der Waals surface area contributed by atoms with Gasteiger partial charge in [0.05, 0.1) is 31.2 Å². The third-order valence-electron chi connectivity index (χ3n) is 9.26. The lowest BCUT2D eigenvalue weighted by Crippen LogP contribution is -2.46. The highest BCUT2D eigenvalue weighted by atomic mass is 31.2. The van der Waals surface area contributed by atoms with E-state index in [4.69, 9.17) is 33.7 Å². The van der Waals surface area contributed by atoms with Gasteiger partial charge in [0.1, 0.15) is 18.3 Å². The lowest BCUT2D eigenvalue weighted by molar-refractivity contribution is -0.236. The minimum Gasteiger partial charge on any atom is -0.756 e. The Morgan fingerprint density at radius 1 is 1.09 bits per heavy atom. The van der Waals surface area contributed by atoms with E-state index in [9.17, 15) is 28.6 Å². The first kappa shape index (κ1) is 42.3. The summed E-state index contributed by atoms with van der Waals surface area (Å²) in [6.45, 7) is 8.42. The predicted octanol–water partition coefficient (Wildman–Crippen LogP) is 1.13. The predicted molar refractivity (Wildman–Crippen MR) is 191 cm³/mol. The zero-order chi connectivity index (χ0) is 40.2. The molecule has 0 saturated carbocycles. The molecule has 3 aromatic heterocycles. The second-order valence-corrected chi connectivity index (χ2v) is 15.4. The van der Waals surface area contributed by atoms with E-state index in [0.29, 0.717) is 6.42 Å². The topological polar surface area (TPSA) is 260 Å². The van der Waals surface area contributed by atoms with Crippen LogP contribution in [0.15, 0.2) is 33.0 Å². The molecule has 2 aliphatic heterocycles. The SMILES string of the molecule is CCCCCN(C[C@H]1O[C@@H](n2ccc(=O)[nH]c2=O)[C@H](OC)[C@@H]1OP(=O)([O-])OC(C)C)C(=O)C[C@H]1[C@@H](F)[C@H](n2cnc3c(=O)[nH]c(N)nc32)O[C@@H]1COC(C)C. The number of nitrogen functional groups attached to an aromatic ring is 1. The molecule has 0 aliphatic carbocycles. The number of rotatable bonds is 18. The van der Waals surface area contributed by atoms with Crippen LogP contribution in [0.2, 0.25) is 0 Å². The number of halogens is 1. The van der Waals surface area contributed by atoms with Gasteiger partial charge in [-0.3, -0.25) is 38.1 Å². The van der Waals surface area contributed by atoms with Gasteiger partial charge in [0.2, 0.25) is 11.9 Å². The number of amides is 1. The first-order chi connectivity index (χ1) is 26.0. The fourth-order valence-electron chi connectivity index (χ4n) is 6.75. The lowest BCUT2D eigenvalue weighted by atomic mass is 9.94. The van der Waals surface area contributed by atoms with Crippen molar-refractivity contribution in [1.82, 2.24) is 34.0 Å². The highest BCUT2D eigenvalue weighted by Crippen LogP contribution is 2.47. The van der Waals surface area contributed by atoms with E-state index in [2.05, 4.69) is 19.9 Å². The smallest absolute Gasteiger partial charge is 0.330 e. The number of nitrogens with one attached hydrogen (secondary N) is 2. The van der Waals surface area contributed by atoms with Crippen LogP contribution in [0.1, 0.15) is 72.8 Å². The third kappa shape index (κ3) is 9.95. The molecule has 20 nitrogen and oxygen atoms in total. The molecule has 0 spiro atoms. The number of aromatic amines is 2. The average molecular weight is 800 g/mol. The van der Waals surface area contributed by atoms with Gasteiger partial charge in [0, 0.05) is 44.8 Å². The summed E-state index contributed by atoms with van der Waals surface area (Å²) in [6, 6.07) is 1.08. The van der Waals surface area contributed by atoms with E-state index in [-0.39, 0.29) is 49.3 Å². The van der Waals surface area contributed by atoms with Crippen LogP contribution >= 0.6 is 7.82 Å². The van der Waals surface area contributed by atoms with Crippen molar-refractivity contribution >= 4 is 30.8 Å². The van der Waals surface area contributed by atoms with E-state index < -0.39 is 85.6 Å². The number of fused-ring (bicyclic) bond motifs is 1. The zero-order valence-corrected chi connectivity index (χ0v) is 32.4. The highest BCUT2D eigenvalue weighted by molar-refractivity contribution is 7.45. The van der Waals surface area contributed by atoms with Crippen molar-refractivity contribution in [2.45, 2.75) is 116 Å². The highest BCUT2D eigenvalue weighted by Gasteiger charge is 2.51. The fraction of sp³-hybridized carbons (Fsp3) is 0.697. The number of hydrogen-bond acceptors (Lipinski definition) is 15. The number of unbranched alkanes of at least 4 members (excludes halogenated alkanes) is 2. The molecule has 3 aromatic rings. The molecule has 9 atom stereocenters. The lowest BCUT2D eigenvalue weighted by Gasteiger charge is -2.34. The van der Waals surface area contributed by atoms with Crippen LogP contribution in [0.25, 0.3) is 11.2 Å². The van der Waals surface area contributed by atoms with Gasteiger partial charge in [0.15, 0.2) is 29.8 Å². The summed E-state index contributed by atoms with van der Waals surface area (Å²) in [5.41, 5.74) is 3.54. The quantitative estimate of drug-likeness (QED) is 0.120. The van der Waals surface area contributed by atoms with E-state index >= 15 is 4.39 Å². The van der Waals surface area contributed by atoms with Crippen molar-refractivity contribution < 1.29 is 46.6 Å². The number of phosphoric acid groups is 1. The van der Waals surface area contributed by atoms with E-state index in [1.54, 1.807) is 13.8 Å². The van der Waals surface area contributed by atoms with E-state index in [1.807, 2.05) is 6.92 Å². The van der Waals surface area contributed by atoms with E-state index in [1.165, 1.54) is 42.9 Å². The molecular weight excluding hydrogens is 750 g/mol. The Morgan fingerprint density at radius 3 is 2.47 bits per heavy atom. The largest absolute Gasteiger partial charge is 0.756 e. The summed E-state index contributed by atoms with van der Waals surface area (Å²) in [7, 11) is -3.74. The number of imidazole rings is 1. The zero-order valence-electron chi connectivity index (χ0n) is 31.5. The molecular formula is C33H49FN8O12P-. The molecule has 4 N–H and O–H groups in total. The Kier molecular flexibility index (Phi) is 13.8. The fourth-order valence-corrected chi connectivity index (χ4v) is 7.87. The van der Waals surface area contributed by atoms with Crippen LogP contribution in [0.3, 0.4) is 0 Å². The summed E-state index contributed by atoms with van der Waals surface area (Å²) >= 11 is 0. The Hall–Kier alpha value is -3.82. The van der Waals surface area contributed by atoms with Crippen LogP contribution in [-0.4, -0.2) is 109 Å². The van der Waals surface area contributed by atoms with Crippen LogP contribution in [0.5, 0.6) is 0 Å². The number of carbonyl (C=O) groups is 1. The third-order valence-corrected chi connectivity index (χ3v) is 10.4. The number of carbonyl (C=O) groups excluding carboxylic acids is 1. The number of alkyl halides is 1. The summed E-state index contributed by atoms with van der Waals surface area (Å²) in [5, 5.41) is 0. The number of ether oxygens (including phenoxy) is 4. The minimum atomic E-state index is -5.01. The van der Waals surface area contributed by atoms with Crippen molar-refractivity contribution in [3.63, 3.8) is 0 Å². The van der Waals surface area contributed by atoms with Gasteiger partial charge in [-0.15, -0.1) is 0 Å². The molecule has 306 valence electrons. The number of nitrogens with two attached hydrogens (primary N) is 1. The molecule has 2 fully saturated rings. The van der Waals surface area contributed by atoms with Crippen molar-refractivity contribution in [1.29, 1.82) is 0 Å². The van der Waals surface area contributed by atoms with Crippen LogP contribution < -0.4 is 27.4 Å². The van der Waals surface area contributed by atoms with Crippen LogP contribution in [0, 0.1) is 5.92 Å². The second-order valence-electron chi connectivity index (χ2n) is 14.0. The summed E-state index contributed by atoms with van der Waals surface area (Å²) in [4.78, 5) is 78.6. The van der Waals surface area contributed by atoms with Gasteiger partial charge in [0.25, 0.3) is 18.9 Å². The van der Waals surface area contributed by atoms with Crippen molar-refractivity contribution in [2.75, 3.05) is 32.5 Å². The second kappa shape index (κ2) is 18.0. The van der Waals surface area contributed by atoms with Crippen molar-refractivity contribution in [3.8, 4) is 0 Å². The Balaban J connectivity index is 1.46. The summed E-state index contributed by atoms with van der Waals surface area (Å²) in [5.74, 6) is -1.77. The molecule has 0 bridgehead atoms. The van der Waals surface area contributed by atoms with Gasteiger partial charge >= 0.3 is 5.69 Å². The molecule has 55 heavy (non-hydrogen) atoms. The Morgan fingerprint density at radius 2 is 1.82 bits per heavy atom. The number of aromatic nitrogens is 6. The number of nitrogens with zero attached hydrogens (tertiary/aromatic N) is 5. The first-order valence-electron chi connectivity index (χ1n) is 18.1. The maximum absolute atomic E-state index is 16.7. The van der Waals surface area contributed by atoms with Crippen LogP contribution in [0.4, 0.5) is 10.3 Å². The first-order valence-corrected chi connectivity index (χ1v) is 19.6.